The minimum absolute atomic E-state index is 0.376. The van der Waals surface area contributed by atoms with Crippen LogP contribution in [0, 0.1) is 5.92 Å². The Hall–Kier alpha value is -0.650. The number of rotatable bonds is 7. The van der Waals surface area contributed by atoms with E-state index >= 15 is 0 Å². The molecule has 0 bridgehead atoms. The van der Waals surface area contributed by atoms with Crippen molar-refractivity contribution in [3.8, 4) is 5.75 Å². The van der Waals surface area contributed by atoms with Gasteiger partial charge in [-0.1, -0.05) is 44.7 Å². The van der Waals surface area contributed by atoms with Crippen LogP contribution in [0.3, 0.4) is 0 Å². The summed E-state index contributed by atoms with van der Waals surface area (Å²) in [5.74, 6) is 1.63. The molecule has 3 rings (SSSR count). The summed E-state index contributed by atoms with van der Waals surface area (Å²) in [7, 11) is 0. The van der Waals surface area contributed by atoms with Crippen LogP contribution in [0.5, 0.6) is 5.75 Å². The molecule has 0 saturated heterocycles. The predicted molar refractivity (Wildman–Crippen MR) is 130 cm³/mol. The van der Waals surface area contributed by atoms with E-state index < -0.39 is 0 Å². The van der Waals surface area contributed by atoms with Crippen LogP contribution >= 0.6 is 47.8 Å². The first-order valence-electron chi connectivity index (χ1n) is 10.4. The Balaban J connectivity index is 1.65. The lowest BCUT2D eigenvalue weighted by atomic mass is 9.77. The molecule has 0 radical (unpaired) electrons. The molecule has 1 aliphatic carbocycles. The van der Waals surface area contributed by atoms with Gasteiger partial charge in [0.1, 0.15) is 0 Å². The number of hydrogen-bond donors (Lipinski definition) is 0. The van der Waals surface area contributed by atoms with Crippen molar-refractivity contribution in [2.24, 2.45) is 5.92 Å². The molecule has 156 valence electrons. The summed E-state index contributed by atoms with van der Waals surface area (Å²) in [4.78, 5) is 12.6. The van der Waals surface area contributed by atoms with E-state index in [9.17, 15) is 4.79 Å². The molecule has 2 nitrogen and oxygen atoms in total. The van der Waals surface area contributed by atoms with Gasteiger partial charge >= 0.3 is 5.97 Å². The van der Waals surface area contributed by atoms with Crippen LogP contribution in [0.25, 0.3) is 0 Å². The smallest absolute Gasteiger partial charge is 0.344 e. The third-order valence-corrected chi connectivity index (χ3v) is 7.71. The Morgan fingerprint density at radius 1 is 0.966 bits per heavy atom. The van der Waals surface area contributed by atoms with Crippen molar-refractivity contribution in [2.75, 3.05) is 0 Å². The van der Waals surface area contributed by atoms with Gasteiger partial charge in [0.2, 0.25) is 0 Å². The van der Waals surface area contributed by atoms with E-state index in [2.05, 4.69) is 66.8 Å². The van der Waals surface area contributed by atoms with Crippen LogP contribution < -0.4 is 4.74 Å². The maximum absolute atomic E-state index is 12.6. The molecular formula is C24H27Br3O2. The zero-order chi connectivity index (χ0) is 20.8. The van der Waals surface area contributed by atoms with E-state index in [4.69, 9.17) is 4.74 Å². The van der Waals surface area contributed by atoms with Gasteiger partial charge < -0.3 is 4.74 Å². The van der Waals surface area contributed by atoms with Crippen LogP contribution in [0.15, 0.2) is 49.8 Å². The molecule has 0 N–H and O–H groups in total. The predicted octanol–water partition coefficient (Wildman–Crippen LogP) is 9.05. The topological polar surface area (TPSA) is 26.3 Å². The number of hydrogen-bond acceptors (Lipinski definition) is 2. The van der Waals surface area contributed by atoms with Crippen molar-refractivity contribution in [1.82, 2.24) is 0 Å². The van der Waals surface area contributed by atoms with Gasteiger partial charge in [-0.2, -0.15) is 0 Å². The summed E-state index contributed by atoms with van der Waals surface area (Å²) in [6, 6.07) is 11.5. The lowest BCUT2D eigenvalue weighted by Crippen LogP contribution is -2.14. The second-order valence-electron chi connectivity index (χ2n) is 7.90. The highest BCUT2D eigenvalue weighted by Crippen LogP contribution is 2.42. The molecule has 0 unspecified atom stereocenters. The van der Waals surface area contributed by atoms with Gasteiger partial charge in [0.25, 0.3) is 0 Å². The van der Waals surface area contributed by atoms with Crippen LogP contribution in [-0.4, -0.2) is 5.97 Å². The maximum atomic E-state index is 12.6. The SMILES string of the molecule is CCCCCC1CCC(c2cc(Br)c(OC(=O)c3ccccc3Br)c(Br)c2)CC1. The number of carbonyl (C=O) groups is 1. The second-order valence-corrected chi connectivity index (χ2v) is 10.5. The van der Waals surface area contributed by atoms with Crippen molar-refractivity contribution < 1.29 is 9.53 Å². The molecule has 29 heavy (non-hydrogen) atoms. The number of esters is 1. The molecule has 1 aliphatic rings. The Bertz CT molecular complexity index is 819. The minimum atomic E-state index is -0.376. The first-order chi connectivity index (χ1) is 14.0. The molecule has 2 aromatic rings. The molecule has 2 aromatic carbocycles. The van der Waals surface area contributed by atoms with Gasteiger partial charge in [-0.05, 0) is 115 Å². The molecule has 0 heterocycles. The third-order valence-electron chi connectivity index (χ3n) is 5.84. The van der Waals surface area contributed by atoms with Gasteiger partial charge in [-0.15, -0.1) is 0 Å². The molecule has 0 amide bonds. The van der Waals surface area contributed by atoms with Gasteiger partial charge in [-0.25, -0.2) is 4.79 Å². The highest BCUT2D eigenvalue weighted by atomic mass is 79.9. The quantitative estimate of drug-likeness (QED) is 0.184. The van der Waals surface area contributed by atoms with Gasteiger partial charge in [0.05, 0.1) is 14.5 Å². The molecule has 1 saturated carbocycles. The maximum Gasteiger partial charge on any atom is 0.344 e. The fourth-order valence-corrected chi connectivity index (χ4v) is 5.98. The van der Waals surface area contributed by atoms with Crippen molar-refractivity contribution >= 4 is 53.8 Å². The first-order valence-corrected chi connectivity index (χ1v) is 12.8. The van der Waals surface area contributed by atoms with Crippen LogP contribution in [-0.2, 0) is 0 Å². The zero-order valence-corrected chi connectivity index (χ0v) is 21.5. The van der Waals surface area contributed by atoms with Crippen molar-refractivity contribution in [3.05, 3.63) is 60.9 Å². The monoisotopic (exact) mass is 584 g/mol. The van der Waals surface area contributed by atoms with Gasteiger partial charge in [-0.3, -0.25) is 0 Å². The summed E-state index contributed by atoms with van der Waals surface area (Å²) < 4.78 is 8.05. The fraction of sp³-hybridized carbons (Fsp3) is 0.458. The van der Waals surface area contributed by atoms with Crippen molar-refractivity contribution in [1.29, 1.82) is 0 Å². The summed E-state index contributed by atoms with van der Waals surface area (Å²) in [5.41, 5.74) is 1.83. The number of benzene rings is 2. The molecule has 0 spiro atoms. The number of unbranched alkanes of at least 4 members (excludes halogenated alkanes) is 2. The normalized spacial score (nSPS) is 19.2. The number of carbonyl (C=O) groups excluding carboxylic acids is 1. The Morgan fingerprint density at radius 2 is 1.62 bits per heavy atom. The summed E-state index contributed by atoms with van der Waals surface area (Å²) in [5, 5.41) is 0. The van der Waals surface area contributed by atoms with E-state index in [0.717, 1.165) is 19.3 Å². The third kappa shape index (κ3) is 6.18. The molecule has 5 heteroatoms. The standard InChI is InChI=1S/C24H27Br3O2/c1-2-3-4-7-16-10-12-17(13-11-16)18-14-21(26)23(22(27)15-18)29-24(28)19-8-5-6-9-20(19)25/h5-6,8-9,14-17H,2-4,7,10-13H2,1H3. The second kappa shape index (κ2) is 11.1. The number of halogens is 3. The molecule has 1 fully saturated rings. The van der Waals surface area contributed by atoms with Crippen molar-refractivity contribution in [3.63, 3.8) is 0 Å². The lowest BCUT2D eigenvalue weighted by molar-refractivity contribution is 0.0731. The Kier molecular flexibility index (Phi) is 8.82. The molecule has 0 atom stereocenters. The molecular weight excluding hydrogens is 560 g/mol. The Labute approximate surface area is 199 Å². The summed E-state index contributed by atoms with van der Waals surface area (Å²) in [6.45, 7) is 2.27. The first kappa shape index (κ1) is 23.0. The largest absolute Gasteiger partial charge is 0.420 e. The van der Waals surface area contributed by atoms with Gasteiger partial charge in [0.15, 0.2) is 5.75 Å². The van der Waals surface area contributed by atoms with Crippen LogP contribution in [0.1, 0.15) is 80.1 Å². The fourth-order valence-electron chi connectivity index (χ4n) is 4.15. The summed E-state index contributed by atoms with van der Waals surface area (Å²) in [6.07, 6.45) is 10.6. The molecule has 0 aromatic heterocycles. The van der Waals surface area contributed by atoms with E-state index in [1.165, 1.54) is 56.9 Å². The van der Waals surface area contributed by atoms with Crippen LogP contribution in [0.2, 0.25) is 0 Å². The van der Waals surface area contributed by atoms with E-state index in [1.54, 1.807) is 6.07 Å². The van der Waals surface area contributed by atoms with Crippen molar-refractivity contribution in [2.45, 2.75) is 64.2 Å². The highest BCUT2D eigenvalue weighted by Gasteiger charge is 2.24. The lowest BCUT2D eigenvalue weighted by Gasteiger charge is -2.29. The minimum Gasteiger partial charge on any atom is -0.420 e. The number of ether oxygens (including phenoxy) is 1. The average Bonchev–Trinajstić information content (AvgIpc) is 2.71. The van der Waals surface area contributed by atoms with Gasteiger partial charge in [0, 0.05) is 4.47 Å². The Morgan fingerprint density at radius 3 is 2.24 bits per heavy atom. The zero-order valence-electron chi connectivity index (χ0n) is 16.7. The van der Waals surface area contributed by atoms with Crippen LogP contribution in [0.4, 0.5) is 0 Å². The van der Waals surface area contributed by atoms with E-state index in [-0.39, 0.29) is 5.97 Å². The van der Waals surface area contributed by atoms with E-state index in [1.807, 2.05) is 18.2 Å². The summed E-state index contributed by atoms with van der Waals surface area (Å²) >= 11 is 10.6. The van der Waals surface area contributed by atoms with E-state index in [0.29, 0.717) is 17.2 Å². The highest BCUT2D eigenvalue weighted by molar-refractivity contribution is 9.11. The average molecular weight is 587 g/mol. The molecule has 0 aliphatic heterocycles.